The van der Waals surface area contributed by atoms with Crippen molar-refractivity contribution in [1.29, 1.82) is 0 Å². The Labute approximate surface area is 167 Å². The molecule has 1 aliphatic rings. The van der Waals surface area contributed by atoms with E-state index in [1.807, 2.05) is 0 Å². The fraction of sp³-hybridized carbons (Fsp3) is 0.308. The Hall–Kier alpha value is -1.99. The molecule has 0 unspecified atom stereocenters. The molecule has 0 fully saturated rings. The summed E-state index contributed by atoms with van der Waals surface area (Å²) >= 11 is 0. The molecule has 0 saturated carbocycles. The Balaban J connectivity index is 2.06. The van der Waals surface area contributed by atoms with E-state index in [0.717, 1.165) is 0 Å². The molecule has 0 radical (unpaired) electrons. The Morgan fingerprint density at radius 2 is 1.22 bits per heavy atom. The van der Waals surface area contributed by atoms with Gasteiger partial charge < -0.3 is 0 Å². The largest absolute Gasteiger partial charge is 0.164 e. The predicted molar refractivity (Wildman–Crippen MR) is 118 cm³/mol. The van der Waals surface area contributed by atoms with Crippen LogP contribution in [0.15, 0.2) is 64.4 Å². The molecule has 1 heterocycles. The minimum Gasteiger partial charge on any atom is -0.0616 e. The van der Waals surface area contributed by atoms with Crippen molar-refractivity contribution < 1.29 is 0 Å². The third kappa shape index (κ3) is 2.93. The van der Waals surface area contributed by atoms with Gasteiger partial charge in [-0.2, -0.15) is 0 Å². The average molecular weight is 374 g/mol. The van der Waals surface area contributed by atoms with Gasteiger partial charge in [0.15, 0.2) is 9.79 Å². The van der Waals surface area contributed by atoms with Crippen LogP contribution in [-0.4, -0.2) is 5.75 Å². The van der Waals surface area contributed by atoms with Gasteiger partial charge in [-0.05, 0) is 74.1 Å². The fourth-order valence-corrected chi connectivity index (χ4v) is 7.10. The van der Waals surface area contributed by atoms with E-state index in [4.69, 9.17) is 0 Å². The number of aryl methyl sites for hydroxylation is 2. The van der Waals surface area contributed by atoms with Gasteiger partial charge in [-0.3, -0.25) is 0 Å². The highest BCUT2D eigenvalue weighted by Gasteiger charge is 2.41. The minimum absolute atomic E-state index is 0.187. The molecule has 1 heteroatoms. The van der Waals surface area contributed by atoms with Crippen molar-refractivity contribution in [3.05, 3.63) is 93.5 Å². The molecule has 0 nitrogen and oxygen atoms in total. The highest BCUT2D eigenvalue weighted by molar-refractivity contribution is 7.97. The molecule has 3 aromatic carbocycles. The summed E-state index contributed by atoms with van der Waals surface area (Å²) in [6.07, 6.45) is 1.22. The van der Waals surface area contributed by atoms with Crippen molar-refractivity contribution in [2.45, 2.75) is 56.7 Å². The van der Waals surface area contributed by atoms with Crippen molar-refractivity contribution in [3.63, 3.8) is 0 Å². The first-order chi connectivity index (χ1) is 13.0. The normalized spacial score (nSPS) is 18.1. The highest BCUT2D eigenvalue weighted by Crippen LogP contribution is 2.48. The highest BCUT2D eigenvalue weighted by atomic mass is 32.2. The zero-order valence-electron chi connectivity index (χ0n) is 17.1. The maximum atomic E-state index is 2.38. The Bertz CT molecular complexity index is 925. The summed E-state index contributed by atoms with van der Waals surface area (Å²) in [4.78, 5) is 3.11. The number of benzene rings is 3. The van der Waals surface area contributed by atoms with Crippen LogP contribution in [0.4, 0.5) is 0 Å². The van der Waals surface area contributed by atoms with Crippen LogP contribution in [0, 0.1) is 27.7 Å². The van der Waals surface area contributed by atoms with Gasteiger partial charge in [0.05, 0.1) is 10.9 Å². The van der Waals surface area contributed by atoms with Crippen molar-refractivity contribution >= 4 is 10.9 Å². The summed E-state index contributed by atoms with van der Waals surface area (Å²) in [7, 11) is 0.187. The van der Waals surface area contributed by atoms with E-state index in [2.05, 4.69) is 89.2 Å². The molecule has 27 heavy (non-hydrogen) atoms. The molecule has 3 aromatic rings. The van der Waals surface area contributed by atoms with E-state index in [1.165, 1.54) is 51.1 Å². The molecule has 1 aliphatic heterocycles. The van der Waals surface area contributed by atoms with Crippen molar-refractivity contribution in [2.24, 2.45) is 0 Å². The lowest BCUT2D eigenvalue weighted by molar-refractivity contribution is 0.867. The second kappa shape index (κ2) is 7.20. The molecule has 0 atom stereocenters. The molecule has 4 rings (SSSR count). The van der Waals surface area contributed by atoms with E-state index < -0.39 is 0 Å². The second-order valence-electron chi connectivity index (χ2n) is 7.78. The van der Waals surface area contributed by atoms with Crippen LogP contribution < -0.4 is 0 Å². The van der Waals surface area contributed by atoms with Crippen LogP contribution in [0.5, 0.6) is 0 Å². The quantitative estimate of drug-likeness (QED) is 0.440. The predicted octanol–water partition coefficient (Wildman–Crippen LogP) is 6.86. The first-order valence-corrected chi connectivity index (χ1v) is 11.4. The van der Waals surface area contributed by atoms with Crippen LogP contribution in [0.25, 0.3) is 0 Å². The smallest absolute Gasteiger partial charge is 0.0616 e. The molecule has 0 aromatic heterocycles. The summed E-state index contributed by atoms with van der Waals surface area (Å²) in [6, 6.07) is 20.7. The lowest BCUT2D eigenvalue weighted by Crippen LogP contribution is -2.23. The average Bonchev–Trinajstić information content (AvgIpc) is 2.68. The maximum absolute atomic E-state index is 2.38. The third-order valence-corrected chi connectivity index (χ3v) is 8.73. The molecule has 0 N–H and O–H groups in total. The van der Waals surface area contributed by atoms with Gasteiger partial charge in [-0.25, -0.2) is 0 Å². The van der Waals surface area contributed by atoms with Gasteiger partial charge in [0, 0.05) is 17.0 Å². The standard InChI is InChI=1S/C26H29S/c1-6-15-27-23-13-9-7-11-21(23)26(22-12-8-10-14-24(22)27)25-19(4)17(2)16-18(3)20(25)5/h7-14,16,26H,6,15H2,1-5H3/q+1. The summed E-state index contributed by atoms with van der Waals surface area (Å²) in [5.41, 5.74) is 10.3. The number of rotatable bonds is 3. The first kappa shape index (κ1) is 18.4. The number of hydrogen-bond donors (Lipinski definition) is 0. The van der Waals surface area contributed by atoms with Crippen molar-refractivity contribution in [3.8, 4) is 0 Å². The van der Waals surface area contributed by atoms with Crippen LogP contribution in [-0.2, 0) is 10.9 Å². The van der Waals surface area contributed by atoms with Gasteiger partial charge in [0.25, 0.3) is 0 Å². The van der Waals surface area contributed by atoms with E-state index in [-0.39, 0.29) is 10.9 Å². The summed E-state index contributed by atoms with van der Waals surface area (Å²) in [5, 5.41) is 0. The van der Waals surface area contributed by atoms with Crippen LogP contribution in [0.2, 0.25) is 0 Å². The van der Waals surface area contributed by atoms with E-state index in [1.54, 1.807) is 9.79 Å². The number of hydrogen-bond acceptors (Lipinski definition) is 0. The Morgan fingerprint density at radius 3 is 1.70 bits per heavy atom. The summed E-state index contributed by atoms with van der Waals surface area (Å²) in [6.45, 7) is 11.4. The van der Waals surface area contributed by atoms with E-state index >= 15 is 0 Å². The molecular weight excluding hydrogens is 344 g/mol. The Morgan fingerprint density at radius 1 is 0.741 bits per heavy atom. The minimum atomic E-state index is 0.187. The third-order valence-electron chi connectivity index (χ3n) is 6.11. The zero-order chi connectivity index (χ0) is 19.1. The topological polar surface area (TPSA) is 0 Å². The SMILES string of the molecule is CCC[S+]1c2ccccc2C(c2c(C)c(C)cc(C)c2C)c2ccccc21. The van der Waals surface area contributed by atoms with Crippen molar-refractivity contribution in [2.75, 3.05) is 5.75 Å². The van der Waals surface area contributed by atoms with Crippen LogP contribution in [0.1, 0.15) is 58.2 Å². The lowest BCUT2D eigenvalue weighted by atomic mass is 9.78. The van der Waals surface area contributed by atoms with Crippen LogP contribution in [0.3, 0.4) is 0 Å². The van der Waals surface area contributed by atoms with Gasteiger partial charge >= 0.3 is 0 Å². The van der Waals surface area contributed by atoms with E-state index in [9.17, 15) is 0 Å². The molecule has 0 bridgehead atoms. The number of fused-ring (bicyclic) bond motifs is 2. The monoisotopic (exact) mass is 373 g/mol. The molecule has 0 amide bonds. The fourth-order valence-electron chi connectivity index (χ4n) is 4.59. The van der Waals surface area contributed by atoms with Crippen molar-refractivity contribution in [1.82, 2.24) is 0 Å². The molecule has 0 spiro atoms. The van der Waals surface area contributed by atoms with Gasteiger partial charge in [0.2, 0.25) is 0 Å². The van der Waals surface area contributed by atoms with Gasteiger partial charge in [0.1, 0.15) is 5.75 Å². The zero-order valence-corrected chi connectivity index (χ0v) is 17.9. The molecule has 0 saturated heterocycles. The summed E-state index contributed by atoms with van der Waals surface area (Å²) in [5.74, 6) is 1.59. The Kier molecular flexibility index (Phi) is 4.90. The molecule has 138 valence electrons. The molecule has 0 aliphatic carbocycles. The molecular formula is C26H29S+. The first-order valence-electron chi connectivity index (χ1n) is 10.0. The van der Waals surface area contributed by atoms with Gasteiger partial charge in [-0.15, -0.1) is 0 Å². The second-order valence-corrected chi connectivity index (χ2v) is 9.85. The summed E-state index contributed by atoms with van der Waals surface area (Å²) < 4.78 is 0. The van der Waals surface area contributed by atoms with Crippen LogP contribution >= 0.6 is 0 Å². The lowest BCUT2D eigenvalue weighted by Gasteiger charge is -2.30. The maximum Gasteiger partial charge on any atom is 0.164 e. The van der Waals surface area contributed by atoms with Gasteiger partial charge in [-0.1, -0.05) is 49.4 Å². The van der Waals surface area contributed by atoms with E-state index in [0.29, 0.717) is 5.92 Å².